The van der Waals surface area contributed by atoms with Crippen molar-refractivity contribution in [2.75, 3.05) is 18.8 Å². The molecule has 4 nitrogen and oxygen atoms in total. The van der Waals surface area contributed by atoms with Crippen molar-refractivity contribution in [2.24, 2.45) is 5.92 Å². The molecule has 0 aliphatic rings. The number of nitrogen functional groups attached to an aromatic ring is 1. The first-order valence-electron chi connectivity index (χ1n) is 6.89. The molecule has 2 aromatic rings. The summed E-state index contributed by atoms with van der Waals surface area (Å²) in [6.45, 7) is 6.52. The van der Waals surface area contributed by atoms with Crippen LogP contribution in [0.3, 0.4) is 0 Å². The van der Waals surface area contributed by atoms with Crippen LogP contribution in [0, 0.1) is 17.2 Å². The minimum atomic E-state index is 0.0305. The van der Waals surface area contributed by atoms with Gasteiger partial charge in [0.1, 0.15) is 0 Å². The summed E-state index contributed by atoms with van der Waals surface area (Å²) < 4.78 is 0. The number of anilines is 1. The molecule has 104 valence electrons. The molecule has 0 spiro atoms. The van der Waals surface area contributed by atoms with Gasteiger partial charge in [-0.15, -0.1) is 0 Å². The minimum absolute atomic E-state index is 0.0305. The number of benzene rings is 1. The molecule has 1 aromatic carbocycles. The molecule has 0 saturated heterocycles. The van der Waals surface area contributed by atoms with E-state index >= 15 is 0 Å². The van der Waals surface area contributed by atoms with Gasteiger partial charge in [0.15, 0.2) is 0 Å². The highest BCUT2D eigenvalue weighted by molar-refractivity contribution is 5.92. The molecule has 0 aliphatic heterocycles. The van der Waals surface area contributed by atoms with Gasteiger partial charge in [-0.3, -0.25) is 9.88 Å². The van der Waals surface area contributed by atoms with Crippen LogP contribution in [-0.2, 0) is 6.54 Å². The molecule has 1 unspecified atom stereocenters. The molecule has 0 radical (unpaired) electrons. The molecule has 1 heterocycles. The maximum absolute atomic E-state index is 8.95. The third-order valence-electron chi connectivity index (χ3n) is 3.48. The van der Waals surface area contributed by atoms with Gasteiger partial charge in [0.05, 0.1) is 17.5 Å². The van der Waals surface area contributed by atoms with E-state index in [0.29, 0.717) is 0 Å². The molecule has 0 fully saturated rings. The first-order valence-corrected chi connectivity index (χ1v) is 6.89. The lowest BCUT2D eigenvalue weighted by atomic mass is 10.1. The summed E-state index contributed by atoms with van der Waals surface area (Å²) in [6, 6.07) is 10.1. The van der Waals surface area contributed by atoms with Crippen molar-refractivity contribution >= 4 is 16.6 Å². The third-order valence-corrected chi connectivity index (χ3v) is 3.48. The van der Waals surface area contributed by atoms with E-state index in [9.17, 15) is 0 Å². The van der Waals surface area contributed by atoms with E-state index in [1.54, 1.807) is 6.20 Å². The van der Waals surface area contributed by atoms with Gasteiger partial charge < -0.3 is 5.73 Å². The summed E-state index contributed by atoms with van der Waals surface area (Å²) in [6.07, 6.45) is 1.79. The Hall–Kier alpha value is -2.12. The molecule has 2 rings (SSSR count). The van der Waals surface area contributed by atoms with Gasteiger partial charge in [0.25, 0.3) is 0 Å². The van der Waals surface area contributed by atoms with Gasteiger partial charge in [-0.25, -0.2) is 0 Å². The first kappa shape index (κ1) is 14.3. The predicted molar refractivity (Wildman–Crippen MR) is 81.9 cm³/mol. The fourth-order valence-corrected chi connectivity index (χ4v) is 2.36. The minimum Gasteiger partial charge on any atom is -0.398 e. The Morgan fingerprint density at radius 1 is 1.40 bits per heavy atom. The zero-order valence-corrected chi connectivity index (χ0v) is 12.0. The Labute approximate surface area is 119 Å². The maximum atomic E-state index is 8.95. The van der Waals surface area contributed by atoms with E-state index in [0.717, 1.165) is 41.8 Å². The van der Waals surface area contributed by atoms with Crippen LogP contribution in [0.25, 0.3) is 10.9 Å². The number of rotatable bonds is 5. The number of nitrogens with zero attached hydrogens (tertiary/aromatic N) is 3. The summed E-state index contributed by atoms with van der Waals surface area (Å²) in [7, 11) is 0. The summed E-state index contributed by atoms with van der Waals surface area (Å²) in [5.41, 5.74) is 8.86. The van der Waals surface area contributed by atoms with Crippen molar-refractivity contribution < 1.29 is 0 Å². The number of nitriles is 1. The standard InChI is InChI=1S/C16H20N4/c1-3-20(10-12(2)9-17)11-13-6-7-15(18)14-5-4-8-19-16(13)14/h4-8,12H,3,10-11,18H2,1-2H3. The number of fused-ring (bicyclic) bond motifs is 1. The summed E-state index contributed by atoms with van der Waals surface area (Å²) in [5.74, 6) is 0.0305. The number of nitrogens with two attached hydrogens (primary N) is 1. The molecule has 0 saturated carbocycles. The largest absolute Gasteiger partial charge is 0.398 e. The number of aromatic nitrogens is 1. The topological polar surface area (TPSA) is 65.9 Å². The van der Waals surface area contributed by atoms with Gasteiger partial charge in [0.2, 0.25) is 0 Å². The zero-order chi connectivity index (χ0) is 14.5. The second-order valence-corrected chi connectivity index (χ2v) is 5.07. The molecule has 0 aliphatic carbocycles. The van der Waals surface area contributed by atoms with Crippen LogP contribution >= 0.6 is 0 Å². The maximum Gasteiger partial charge on any atom is 0.0767 e. The number of hydrogen-bond donors (Lipinski definition) is 1. The molecular weight excluding hydrogens is 248 g/mol. The normalized spacial score (nSPS) is 12.5. The second kappa shape index (κ2) is 6.36. The van der Waals surface area contributed by atoms with Gasteiger partial charge >= 0.3 is 0 Å². The van der Waals surface area contributed by atoms with Crippen LogP contribution < -0.4 is 5.73 Å². The Kier molecular flexibility index (Phi) is 4.54. The predicted octanol–water partition coefficient (Wildman–Crippen LogP) is 2.80. The van der Waals surface area contributed by atoms with E-state index in [1.165, 1.54) is 0 Å². The van der Waals surface area contributed by atoms with E-state index in [2.05, 4.69) is 22.9 Å². The second-order valence-electron chi connectivity index (χ2n) is 5.07. The third kappa shape index (κ3) is 3.06. The number of hydrogen-bond acceptors (Lipinski definition) is 4. The average Bonchev–Trinajstić information content (AvgIpc) is 2.49. The summed E-state index contributed by atoms with van der Waals surface area (Å²) in [4.78, 5) is 6.71. The van der Waals surface area contributed by atoms with Gasteiger partial charge in [-0.2, -0.15) is 5.26 Å². The molecule has 2 N–H and O–H groups in total. The monoisotopic (exact) mass is 268 g/mol. The van der Waals surface area contributed by atoms with E-state index < -0.39 is 0 Å². The van der Waals surface area contributed by atoms with Crippen LogP contribution in [-0.4, -0.2) is 23.0 Å². The van der Waals surface area contributed by atoms with Crippen LogP contribution in [0.4, 0.5) is 5.69 Å². The van der Waals surface area contributed by atoms with E-state index in [1.807, 2.05) is 31.2 Å². The molecule has 20 heavy (non-hydrogen) atoms. The van der Waals surface area contributed by atoms with Gasteiger partial charge in [-0.1, -0.05) is 13.0 Å². The molecular formula is C16H20N4. The smallest absolute Gasteiger partial charge is 0.0767 e. The molecule has 1 aromatic heterocycles. The van der Waals surface area contributed by atoms with Crippen molar-refractivity contribution in [1.29, 1.82) is 5.26 Å². The lowest BCUT2D eigenvalue weighted by Crippen LogP contribution is -2.27. The lowest BCUT2D eigenvalue weighted by molar-refractivity contribution is 0.261. The van der Waals surface area contributed by atoms with E-state index in [4.69, 9.17) is 11.0 Å². The fourth-order valence-electron chi connectivity index (χ4n) is 2.36. The summed E-state index contributed by atoms with van der Waals surface area (Å²) in [5, 5.41) is 9.94. The average molecular weight is 268 g/mol. The highest BCUT2D eigenvalue weighted by atomic mass is 15.1. The van der Waals surface area contributed by atoms with Crippen molar-refractivity contribution in [3.05, 3.63) is 36.0 Å². The van der Waals surface area contributed by atoms with Crippen LogP contribution in [0.5, 0.6) is 0 Å². The molecule has 4 heteroatoms. The Bertz CT molecular complexity index is 630. The van der Waals surface area contributed by atoms with Crippen LogP contribution in [0.2, 0.25) is 0 Å². The zero-order valence-electron chi connectivity index (χ0n) is 12.0. The quantitative estimate of drug-likeness (QED) is 0.847. The van der Waals surface area contributed by atoms with Crippen molar-refractivity contribution in [1.82, 2.24) is 9.88 Å². The van der Waals surface area contributed by atoms with Crippen LogP contribution in [0.1, 0.15) is 19.4 Å². The van der Waals surface area contributed by atoms with Crippen molar-refractivity contribution in [3.8, 4) is 6.07 Å². The van der Waals surface area contributed by atoms with E-state index in [-0.39, 0.29) is 5.92 Å². The highest BCUT2D eigenvalue weighted by Gasteiger charge is 2.11. The summed E-state index contributed by atoms with van der Waals surface area (Å²) >= 11 is 0. The van der Waals surface area contributed by atoms with Gasteiger partial charge in [0, 0.05) is 30.4 Å². The Balaban J connectivity index is 2.29. The molecule has 0 bridgehead atoms. The lowest BCUT2D eigenvalue weighted by Gasteiger charge is -2.22. The number of pyridine rings is 1. The van der Waals surface area contributed by atoms with Crippen molar-refractivity contribution in [3.63, 3.8) is 0 Å². The van der Waals surface area contributed by atoms with Crippen LogP contribution in [0.15, 0.2) is 30.5 Å². The first-order chi connectivity index (χ1) is 9.65. The van der Waals surface area contributed by atoms with Crippen molar-refractivity contribution in [2.45, 2.75) is 20.4 Å². The molecule has 1 atom stereocenters. The fraction of sp³-hybridized carbons (Fsp3) is 0.375. The highest BCUT2D eigenvalue weighted by Crippen LogP contribution is 2.23. The van der Waals surface area contributed by atoms with Gasteiger partial charge in [-0.05, 0) is 37.2 Å². The molecule has 0 amide bonds. The Morgan fingerprint density at radius 3 is 2.90 bits per heavy atom. The SMILES string of the molecule is CCN(Cc1ccc(N)c2cccnc12)CC(C)C#N. The Morgan fingerprint density at radius 2 is 2.20 bits per heavy atom.